The van der Waals surface area contributed by atoms with Gasteiger partial charge in [-0.15, -0.1) is 11.3 Å². The fourth-order valence-electron chi connectivity index (χ4n) is 3.11. The molecule has 1 saturated heterocycles. The number of nitrogens with zero attached hydrogens (tertiary/aromatic N) is 5. The van der Waals surface area contributed by atoms with E-state index in [4.69, 9.17) is 0 Å². The maximum atomic E-state index is 13.3. The van der Waals surface area contributed by atoms with E-state index in [9.17, 15) is 4.39 Å². The zero-order valence-electron chi connectivity index (χ0n) is 13.9. The Balaban J connectivity index is 1.28. The lowest BCUT2D eigenvalue weighted by molar-refractivity contribution is 0.128. The van der Waals surface area contributed by atoms with Gasteiger partial charge in [0.1, 0.15) is 10.8 Å². The summed E-state index contributed by atoms with van der Waals surface area (Å²) in [6, 6.07) is 4.83. The largest absolute Gasteiger partial charge is 0.300 e. The first-order valence-electron chi connectivity index (χ1n) is 8.51. The third kappa shape index (κ3) is 4.18. The zero-order chi connectivity index (χ0) is 17.1. The summed E-state index contributed by atoms with van der Waals surface area (Å²) < 4.78 is 14.3. The second kappa shape index (κ2) is 7.51. The Labute approximate surface area is 150 Å². The Hall–Kier alpha value is -1.96. The van der Waals surface area contributed by atoms with Crippen LogP contribution in [0.3, 0.4) is 0 Å². The lowest BCUT2D eigenvalue weighted by Crippen LogP contribution is -2.46. The number of aromatic nitrogens is 3. The van der Waals surface area contributed by atoms with Gasteiger partial charge in [-0.05, 0) is 12.1 Å². The summed E-state index contributed by atoms with van der Waals surface area (Å²) in [5.41, 5.74) is 1.81. The third-order valence-electron chi connectivity index (χ3n) is 4.52. The van der Waals surface area contributed by atoms with Crippen molar-refractivity contribution < 1.29 is 4.39 Å². The Kier molecular flexibility index (Phi) is 4.96. The second-order valence-electron chi connectivity index (χ2n) is 6.28. The smallest absolute Gasteiger partial charge is 0.125 e. The molecule has 0 spiro atoms. The quantitative estimate of drug-likeness (QED) is 0.702. The minimum Gasteiger partial charge on any atom is -0.300 e. The fourth-order valence-corrected chi connectivity index (χ4v) is 4.10. The van der Waals surface area contributed by atoms with Crippen LogP contribution in [0.4, 0.5) is 4.39 Å². The number of rotatable bonds is 5. The first-order valence-corrected chi connectivity index (χ1v) is 9.32. The number of thiazole rings is 1. The number of halogens is 1. The Morgan fingerprint density at radius 1 is 1.08 bits per heavy atom. The van der Waals surface area contributed by atoms with Crippen molar-refractivity contribution in [3.63, 3.8) is 0 Å². The maximum Gasteiger partial charge on any atom is 0.125 e. The van der Waals surface area contributed by atoms with Gasteiger partial charge in [0.25, 0.3) is 0 Å². The van der Waals surface area contributed by atoms with Crippen molar-refractivity contribution in [3.05, 3.63) is 53.3 Å². The normalized spacial score (nSPS) is 16.5. The summed E-state index contributed by atoms with van der Waals surface area (Å²) >= 11 is 1.66. The van der Waals surface area contributed by atoms with Crippen LogP contribution in [0.25, 0.3) is 10.2 Å². The first-order chi connectivity index (χ1) is 12.3. The third-order valence-corrected chi connectivity index (χ3v) is 5.54. The molecular weight excluding hydrogens is 337 g/mol. The molecule has 0 atom stereocenters. The lowest BCUT2D eigenvalue weighted by Gasteiger charge is -2.34. The molecule has 0 aliphatic carbocycles. The number of fused-ring (bicyclic) bond motifs is 1. The summed E-state index contributed by atoms with van der Waals surface area (Å²) in [6.07, 6.45) is 6.24. The molecule has 1 fully saturated rings. The topological polar surface area (TPSA) is 45.2 Å². The molecule has 1 aromatic carbocycles. The van der Waals surface area contributed by atoms with Crippen molar-refractivity contribution in [2.75, 3.05) is 32.7 Å². The molecule has 3 heterocycles. The summed E-state index contributed by atoms with van der Waals surface area (Å²) in [6.45, 7) is 6.04. The summed E-state index contributed by atoms with van der Waals surface area (Å²) in [7, 11) is 0. The Morgan fingerprint density at radius 3 is 2.72 bits per heavy atom. The molecule has 0 radical (unpaired) electrons. The van der Waals surface area contributed by atoms with Gasteiger partial charge in [0.15, 0.2) is 0 Å². The van der Waals surface area contributed by atoms with Crippen LogP contribution < -0.4 is 0 Å². The number of hydrogen-bond donors (Lipinski definition) is 0. The van der Waals surface area contributed by atoms with Crippen LogP contribution in [0.5, 0.6) is 0 Å². The second-order valence-corrected chi connectivity index (χ2v) is 7.40. The molecule has 0 N–H and O–H groups in total. The van der Waals surface area contributed by atoms with Gasteiger partial charge in [0.05, 0.1) is 22.5 Å². The fraction of sp³-hybridized carbons (Fsp3) is 0.389. The highest BCUT2D eigenvalue weighted by Gasteiger charge is 2.18. The van der Waals surface area contributed by atoms with Crippen molar-refractivity contribution in [2.45, 2.75) is 13.0 Å². The molecule has 0 amide bonds. The highest BCUT2D eigenvalue weighted by molar-refractivity contribution is 7.18. The van der Waals surface area contributed by atoms with Crippen LogP contribution in [0.15, 0.2) is 36.8 Å². The van der Waals surface area contributed by atoms with E-state index in [0.29, 0.717) is 0 Å². The minimum atomic E-state index is -0.221. The molecule has 2 aromatic heterocycles. The average Bonchev–Trinajstić information content (AvgIpc) is 3.03. The molecule has 1 aliphatic heterocycles. The van der Waals surface area contributed by atoms with E-state index in [1.165, 1.54) is 12.1 Å². The summed E-state index contributed by atoms with van der Waals surface area (Å²) in [5, 5.41) is 1.06. The molecule has 25 heavy (non-hydrogen) atoms. The van der Waals surface area contributed by atoms with Gasteiger partial charge in [0, 0.05) is 63.8 Å². The number of hydrogen-bond acceptors (Lipinski definition) is 6. The SMILES string of the molecule is Fc1ccc2sc(CN3CCN(CCc4cnccn4)CC3)nc2c1. The highest BCUT2D eigenvalue weighted by atomic mass is 32.1. The molecule has 7 heteroatoms. The maximum absolute atomic E-state index is 13.3. The van der Waals surface area contributed by atoms with Gasteiger partial charge >= 0.3 is 0 Å². The molecule has 4 rings (SSSR count). The molecule has 0 bridgehead atoms. The summed E-state index contributed by atoms with van der Waals surface area (Å²) in [5.74, 6) is -0.221. The molecule has 0 unspecified atom stereocenters. The molecule has 1 aliphatic rings. The molecule has 130 valence electrons. The van der Waals surface area contributed by atoms with Crippen LogP contribution in [0.2, 0.25) is 0 Å². The molecule has 3 aromatic rings. The van der Waals surface area contributed by atoms with Crippen molar-refractivity contribution >= 4 is 21.6 Å². The predicted molar refractivity (Wildman–Crippen MR) is 97.0 cm³/mol. The Bertz CT molecular complexity index is 830. The number of benzene rings is 1. The van der Waals surface area contributed by atoms with E-state index in [1.807, 2.05) is 12.3 Å². The average molecular weight is 357 g/mol. The van der Waals surface area contributed by atoms with Gasteiger partial charge in [-0.1, -0.05) is 0 Å². The van der Waals surface area contributed by atoms with E-state index in [2.05, 4.69) is 24.8 Å². The van der Waals surface area contributed by atoms with Crippen LogP contribution in [-0.2, 0) is 13.0 Å². The zero-order valence-corrected chi connectivity index (χ0v) is 14.8. The van der Waals surface area contributed by atoms with E-state index >= 15 is 0 Å². The minimum absolute atomic E-state index is 0.221. The van der Waals surface area contributed by atoms with E-state index in [-0.39, 0.29) is 5.82 Å². The van der Waals surface area contributed by atoms with E-state index < -0.39 is 0 Å². The van der Waals surface area contributed by atoms with Gasteiger partial charge in [-0.25, -0.2) is 9.37 Å². The Morgan fingerprint density at radius 2 is 1.92 bits per heavy atom. The van der Waals surface area contributed by atoms with Crippen LogP contribution in [-0.4, -0.2) is 57.5 Å². The van der Waals surface area contributed by atoms with Crippen molar-refractivity contribution in [1.29, 1.82) is 0 Å². The standard InChI is InChI=1S/C18H20FN5S/c19-14-1-2-17-16(11-14)22-18(25-17)13-24-9-7-23(8-10-24)6-3-15-12-20-4-5-21-15/h1-2,4-5,11-12H,3,6-10,13H2. The summed E-state index contributed by atoms with van der Waals surface area (Å²) in [4.78, 5) is 17.9. The van der Waals surface area contributed by atoms with Crippen LogP contribution in [0, 0.1) is 5.82 Å². The van der Waals surface area contributed by atoms with E-state index in [1.54, 1.807) is 23.7 Å². The van der Waals surface area contributed by atoms with Crippen LogP contribution >= 0.6 is 11.3 Å². The van der Waals surface area contributed by atoms with Crippen molar-refractivity contribution in [1.82, 2.24) is 24.8 Å². The first kappa shape index (κ1) is 16.5. The highest BCUT2D eigenvalue weighted by Crippen LogP contribution is 2.24. The van der Waals surface area contributed by atoms with Gasteiger partial charge in [-0.2, -0.15) is 0 Å². The molecular formula is C18H20FN5S. The molecule has 5 nitrogen and oxygen atoms in total. The molecule has 0 saturated carbocycles. The van der Waals surface area contributed by atoms with Gasteiger partial charge in [0.2, 0.25) is 0 Å². The van der Waals surface area contributed by atoms with Crippen molar-refractivity contribution in [3.8, 4) is 0 Å². The van der Waals surface area contributed by atoms with Gasteiger partial charge in [-0.3, -0.25) is 14.9 Å². The lowest BCUT2D eigenvalue weighted by atomic mass is 10.2. The van der Waals surface area contributed by atoms with E-state index in [0.717, 1.165) is 66.6 Å². The number of piperazine rings is 1. The van der Waals surface area contributed by atoms with Crippen molar-refractivity contribution in [2.24, 2.45) is 0 Å². The monoisotopic (exact) mass is 357 g/mol. The predicted octanol–water partition coefficient (Wildman–Crippen LogP) is 2.59. The van der Waals surface area contributed by atoms with Gasteiger partial charge < -0.3 is 4.90 Å². The van der Waals surface area contributed by atoms with Crippen LogP contribution in [0.1, 0.15) is 10.7 Å².